The van der Waals surface area contributed by atoms with Gasteiger partial charge < -0.3 is 15.5 Å². The molecule has 0 aliphatic carbocycles. The number of nitrogens with zero attached hydrogens (tertiary/aromatic N) is 2. The molecule has 6 heteroatoms. The van der Waals surface area contributed by atoms with E-state index >= 15 is 0 Å². The Kier molecular flexibility index (Phi) is 7.66. The molecule has 1 fully saturated rings. The van der Waals surface area contributed by atoms with E-state index in [-0.39, 0.29) is 23.1 Å². The molecular weight excluding hydrogens is 391 g/mol. The molecule has 1 unspecified atom stereocenters. The van der Waals surface area contributed by atoms with Gasteiger partial charge in [-0.15, -0.1) is 0 Å². The molecule has 166 valence electrons. The molecule has 0 radical (unpaired) electrons. The average molecular weight is 425 g/mol. The smallest absolute Gasteiger partial charge is 0.223 e. The highest BCUT2D eigenvalue weighted by Crippen LogP contribution is 2.23. The van der Waals surface area contributed by atoms with E-state index in [4.69, 9.17) is 0 Å². The van der Waals surface area contributed by atoms with Crippen LogP contribution in [0, 0.1) is 11.7 Å². The first-order valence-corrected chi connectivity index (χ1v) is 10.9. The largest absolute Gasteiger partial charge is 0.356 e. The molecule has 1 aliphatic heterocycles. The van der Waals surface area contributed by atoms with Gasteiger partial charge in [0.05, 0.1) is 0 Å². The first-order valence-electron chi connectivity index (χ1n) is 10.9. The molecule has 1 amide bonds. The number of benzene rings is 2. The first-order chi connectivity index (χ1) is 14.9. The number of nitrogens with one attached hydrogen (secondary N) is 2. The van der Waals surface area contributed by atoms with Crippen LogP contribution in [0.15, 0.2) is 59.6 Å². The molecule has 0 saturated carbocycles. The second kappa shape index (κ2) is 10.4. The quantitative estimate of drug-likeness (QED) is 0.505. The van der Waals surface area contributed by atoms with E-state index < -0.39 is 0 Å². The van der Waals surface area contributed by atoms with Crippen LogP contribution in [0.2, 0.25) is 0 Å². The Bertz CT molecular complexity index is 897. The summed E-state index contributed by atoms with van der Waals surface area (Å²) in [5, 5.41) is 6.69. The Labute approximate surface area is 184 Å². The Morgan fingerprint density at radius 1 is 1.16 bits per heavy atom. The summed E-state index contributed by atoms with van der Waals surface area (Å²) >= 11 is 0. The van der Waals surface area contributed by atoms with Gasteiger partial charge in [-0.1, -0.05) is 56.3 Å². The summed E-state index contributed by atoms with van der Waals surface area (Å²) in [4.78, 5) is 18.6. The van der Waals surface area contributed by atoms with Crippen LogP contribution in [0.1, 0.15) is 31.4 Å². The summed E-state index contributed by atoms with van der Waals surface area (Å²) in [5.41, 5.74) is 1.94. The number of hydrogen-bond acceptors (Lipinski definition) is 2. The first kappa shape index (κ1) is 22.8. The molecular formula is C25H33FN4O. The van der Waals surface area contributed by atoms with Gasteiger partial charge in [0, 0.05) is 51.0 Å². The van der Waals surface area contributed by atoms with Crippen molar-refractivity contribution in [3.8, 4) is 0 Å². The topological polar surface area (TPSA) is 56.7 Å². The van der Waals surface area contributed by atoms with Gasteiger partial charge in [-0.05, 0) is 29.7 Å². The number of likely N-dealkylation sites (tertiary alicyclic amines) is 1. The second-order valence-electron chi connectivity index (χ2n) is 8.85. The number of hydrogen-bond donors (Lipinski definition) is 2. The van der Waals surface area contributed by atoms with E-state index in [1.54, 1.807) is 19.2 Å². The molecule has 2 aromatic carbocycles. The fraction of sp³-hybridized carbons (Fsp3) is 0.440. The van der Waals surface area contributed by atoms with Crippen LogP contribution >= 0.6 is 0 Å². The monoisotopic (exact) mass is 424 g/mol. The fourth-order valence-electron chi connectivity index (χ4n) is 3.89. The zero-order chi connectivity index (χ0) is 22.3. The van der Waals surface area contributed by atoms with E-state index in [2.05, 4.69) is 41.6 Å². The molecule has 1 atom stereocenters. The maximum absolute atomic E-state index is 13.6. The molecule has 1 heterocycles. The van der Waals surface area contributed by atoms with Gasteiger partial charge in [0.25, 0.3) is 0 Å². The van der Waals surface area contributed by atoms with Crippen LogP contribution in [0.3, 0.4) is 0 Å². The van der Waals surface area contributed by atoms with Gasteiger partial charge in [-0.3, -0.25) is 9.79 Å². The summed E-state index contributed by atoms with van der Waals surface area (Å²) in [6.45, 7) is 6.97. The molecule has 1 aliphatic rings. The van der Waals surface area contributed by atoms with E-state index in [9.17, 15) is 9.18 Å². The number of carbonyl (C=O) groups excluding carboxylic acids is 1. The van der Waals surface area contributed by atoms with Crippen molar-refractivity contribution in [2.45, 2.75) is 32.1 Å². The van der Waals surface area contributed by atoms with Crippen LogP contribution < -0.4 is 10.6 Å². The minimum atomic E-state index is -0.253. The van der Waals surface area contributed by atoms with Crippen molar-refractivity contribution in [2.75, 3.05) is 33.2 Å². The van der Waals surface area contributed by atoms with Crippen molar-refractivity contribution in [2.24, 2.45) is 10.9 Å². The highest BCUT2D eigenvalue weighted by atomic mass is 19.1. The number of rotatable bonds is 8. The van der Waals surface area contributed by atoms with Crippen molar-refractivity contribution in [1.82, 2.24) is 15.5 Å². The third-order valence-electron chi connectivity index (χ3n) is 5.89. The molecule has 2 N–H and O–H groups in total. The van der Waals surface area contributed by atoms with E-state index in [0.717, 1.165) is 25.1 Å². The number of amides is 1. The summed E-state index contributed by atoms with van der Waals surface area (Å²) in [6, 6.07) is 17.0. The highest BCUT2D eigenvalue weighted by Gasteiger charge is 2.29. The average Bonchev–Trinajstić information content (AvgIpc) is 3.12. The lowest BCUT2D eigenvalue weighted by Crippen LogP contribution is -2.45. The Morgan fingerprint density at radius 2 is 1.94 bits per heavy atom. The van der Waals surface area contributed by atoms with Gasteiger partial charge in [-0.2, -0.15) is 0 Å². The summed E-state index contributed by atoms with van der Waals surface area (Å²) in [7, 11) is 1.73. The van der Waals surface area contributed by atoms with Gasteiger partial charge in [0.2, 0.25) is 5.91 Å². The highest BCUT2D eigenvalue weighted by molar-refractivity contribution is 5.81. The van der Waals surface area contributed by atoms with Gasteiger partial charge in [0.15, 0.2) is 5.96 Å². The SMILES string of the molecule is CN=C(NCC1CC(=O)N(CCc2ccccc2)C1)NCC(C)(C)c1cccc(F)c1. The number of aliphatic imine (C=N–C) groups is 1. The molecule has 0 bridgehead atoms. The van der Waals surface area contributed by atoms with Crippen molar-refractivity contribution >= 4 is 11.9 Å². The van der Waals surface area contributed by atoms with Crippen molar-refractivity contribution in [3.05, 3.63) is 71.5 Å². The maximum atomic E-state index is 13.6. The molecule has 3 rings (SSSR count). The Balaban J connectivity index is 1.44. The van der Waals surface area contributed by atoms with Crippen molar-refractivity contribution < 1.29 is 9.18 Å². The van der Waals surface area contributed by atoms with Crippen LogP contribution in [0.5, 0.6) is 0 Å². The third kappa shape index (κ3) is 6.54. The lowest BCUT2D eigenvalue weighted by Gasteiger charge is -2.27. The predicted molar refractivity (Wildman–Crippen MR) is 124 cm³/mol. The van der Waals surface area contributed by atoms with Crippen LogP contribution in [-0.4, -0.2) is 50.0 Å². The zero-order valence-corrected chi connectivity index (χ0v) is 18.7. The summed E-state index contributed by atoms with van der Waals surface area (Å²) in [6.07, 6.45) is 1.44. The summed E-state index contributed by atoms with van der Waals surface area (Å²) < 4.78 is 13.6. The molecule has 0 aromatic heterocycles. The van der Waals surface area contributed by atoms with E-state index in [1.165, 1.54) is 11.6 Å². The lowest BCUT2D eigenvalue weighted by atomic mass is 9.84. The standard InChI is InChI=1S/C25H33FN4O/c1-25(2,21-10-7-11-22(26)15-21)18-29-24(27-3)28-16-20-14-23(31)30(17-20)13-12-19-8-5-4-6-9-19/h4-11,15,20H,12-14,16-18H2,1-3H3,(H2,27,28,29). The molecule has 2 aromatic rings. The van der Waals surface area contributed by atoms with Gasteiger partial charge in [-0.25, -0.2) is 4.39 Å². The van der Waals surface area contributed by atoms with Gasteiger partial charge >= 0.3 is 0 Å². The number of carbonyl (C=O) groups is 1. The fourth-order valence-corrected chi connectivity index (χ4v) is 3.89. The second-order valence-corrected chi connectivity index (χ2v) is 8.85. The zero-order valence-electron chi connectivity index (χ0n) is 18.7. The Morgan fingerprint density at radius 3 is 2.65 bits per heavy atom. The Hall–Kier alpha value is -2.89. The third-order valence-corrected chi connectivity index (χ3v) is 5.89. The van der Waals surface area contributed by atoms with Crippen LogP contribution in [0.4, 0.5) is 4.39 Å². The number of halogens is 1. The molecule has 5 nitrogen and oxygen atoms in total. The molecule has 31 heavy (non-hydrogen) atoms. The minimum Gasteiger partial charge on any atom is -0.356 e. The normalized spacial score (nSPS) is 17.2. The van der Waals surface area contributed by atoms with Crippen molar-refractivity contribution in [3.63, 3.8) is 0 Å². The maximum Gasteiger partial charge on any atom is 0.223 e. The van der Waals surface area contributed by atoms with Crippen molar-refractivity contribution in [1.29, 1.82) is 0 Å². The van der Waals surface area contributed by atoms with E-state index in [0.29, 0.717) is 25.5 Å². The molecule has 1 saturated heterocycles. The molecule has 0 spiro atoms. The summed E-state index contributed by atoms with van der Waals surface area (Å²) in [5.74, 6) is 0.950. The van der Waals surface area contributed by atoms with Gasteiger partial charge in [0.1, 0.15) is 5.82 Å². The van der Waals surface area contributed by atoms with Crippen LogP contribution in [0.25, 0.3) is 0 Å². The minimum absolute atomic E-state index is 0.220. The lowest BCUT2D eigenvalue weighted by molar-refractivity contribution is -0.127. The number of guanidine groups is 1. The van der Waals surface area contributed by atoms with Crippen LogP contribution in [-0.2, 0) is 16.6 Å². The predicted octanol–water partition coefficient (Wildman–Crippen LogP) is 3.36. The van der Waals surface area contributed by atoms with E-state index in [1.807, 2.05) is 29.2 Å².